The van der Waals surface area contributed by atoms with Crippen LogP contribution in [0.1, 0.15) is 13.8 Å². The molecular weight excluding hydrogens is 240 g/mol. The highest BCUT2D eigenvalue weighted by molar-refractivity contribution is 5.84. The molecule has 0 aromatic heterocycles. The zero-order valence-corrected chi connectivity index (χ0v) is 10.6. The summed E-state index contributed by atoms with van der Waals surface area (Å²) in [5.41, 5.74) is 4.97. The lowest BCUT2D eigenvalue weighted by Gasteiger charge is -2.21. The summed E-state index contributed by atoms with van der Waals surface area (Å²) in [6, 6.07) is 1.29. The van der Waals surface area contributed by atoms with E-state index in [2.05, 4.69) is 5.32 Å². The van der Waals surface area contributed by atoms with Gasteiger partial charge in [0.15, 0.2) is 11.6 Å². The summed E-state index contributed by atoms with van der Waals surface area (Å²) in [5.74, 6) is -1.87. The van der Waals surface area contributed by atoms with Crippen molar-refractivity contribution < 1.29 is 13.6 Å². The number of anilines is 2. The number of nitrogens with zero attached hydrogens (tertiary/aromatic N) is 1. The zero-order valence-electron chi connectivity index (χ0n) is 10.6. The molecule has 1 unspecified atom stereocenters. The molecule has 0 saturated heterocycles. The van der Waals surface area contributed by atoms with E-state index < -0.39 is 17.7 Å². The number of nitrogen functional groups attached to an aromatic ring is 1. The van der Waals surface area contributed by atoms with Gasteiger partial charge in [-0.3, -0.25) is 4.79 Å². The number of nitrogens with one attached hydrogen (secondary N) is 1. The molecule has 18 heavy (non-hydrogen) atoms. The van der Waals surface area contributed by atoms with Crippen molar-refractivity contribution in [3.8, 4) is 0 Å². The Kier molecular flexibility index (Phi) is 4.47. The molecular formula is C12H17F2N3O. The largest absolute Gasteiger partial charge is 0.399 e. The number of carbonyl (C=O) groups excluding carboxylic acids is 1. The Hall–Kier alpha value is -1.85. The van der Waals surface area contributed by atoms with Crippen molar-refractivity contribution in [2.75, 3.05) is 24.6 Å². The summed E-state index contributed by atoms with van der Waals surface area (Å²) >= 11 is 0. The van der Waals surface area contributed by atoms with E-state index in [1.54, 1.807) is 14.0 Å². The van der Waals surface area contributed by atoms with Crippen molar-refractivity contribution in [1.29, 1.82) is 0 Å². The van der Waals surface area contributed by atoms with Gasteiger partial charge in [-0.1, -0.05) is 0 Å². The van der Waals surface area contributed by atoms with Gasteiger partial charge in [0, 0.05) is 19.3 Å². The lowest BCUT2D eigenvalue weighted by Crippen LogP contribution is -2.39. The van der Waals surface area contributed by atoms with Gasteiger partial charge >= 0.3 is 0 Å². The van der Waals surface area contributed by atoms with Gasteiger partial charge in [0.1, 0.15) is 11.7 Å². The highest BCUT2D eigenvalue weighted by Crippen LogP contribution is 2.22. The molecule has 0 aliphatic heterocycles. The van der Waals surface area contributed by atoms with Crippen LogP contribution in [-0.2, 0) is 4.79 Å². The van der Waals surface area contributed by atoms with Gasteiger partial charge in [-0.2, -0.15) is 0 Å². The van der Waals surface area contributed by atoms with E-state index in [-0.39, 0.29) is 17.3 Å². The maximum Gasteiger partial charge on any atom is 0.244 e. The Morgan fingerprint density at radius 2 is 1.94 bits per heavy atom. The molecule has 0 spiro atoms. The van der Waals surface area contributed by atoms with E-state index in [4.69, 9.17) is 5.73 Å². The Labute approximate surface area is 105 Å². The highest BCUT2D eigenvalue weighted by atomic mass is 19.1. The number of amides is 1. The lowest BCUT2D eigenvalue weighted by atomic mass is 10.2. The quantitative estimate of drug-likeness (QED) is 0.809. The zero-order chi connectivity index (χ0) is 13.9. The monoisotopic (exact) mass is 257 g/mol. The fourth-order valence-electron chi connectivity index (χ4n) is 1.50. The first kappa shape index (κ1) is 14.2. The number of halogens is 2. The highest BCUT2D eigenvalue weighted by Gasteiger charge is 2.19. The number of nitrogens with two attached hydrogens (primary N) is 1. The summed E-state index contributed by atoms with van der Waals surface area (Å²) in [5, 5.41) is 2.52. The summed E-state index contributed by atoms with van der Waals surface area (Å²) in [7, 11) is 1.62. The molecule has 1 aromatic rings. The first-order chi connectivity index (χ1) is 8.36. The van der Waals surface area contributed by atoms with Crippen LogP contribution in [0.25, 0.3) is 0 Å². The Morgan fingerprint density at radius 3 is 2.39 bits per heavy atom. The van der Waals surface area contributed by atoms with Crippen molar-refractivity contribution in [3.05, 3.63) is 23.8 Å². The van der Waals surface area contributed by atoms with E-state index in [1.165, 1.54) is 4.90 Å². The maximum absolute atomic E-state index is 13.5. The Bertz CT molecular complexity index is 428. The number of hydrogen-bond acceptors (Lipinski definition) is 3. The molecule has 0 saturated carbocycles. The minimum absolute atomic E-state index is 0.000191. The number of rotatable bonds is 4. The number of carbonyl (C=O) groups is 1. The predicted molar refractivity (Wildman–Crippen MR) is 67.2 cm³/mol. The van der Waals surface area contributed by atoms with Crippen molar-refractivity contribution >= 4 is 17.3 Å². The van der Waals surface area contributed by atoms with Crippen LogP contribution in [0.3, 0.4) is 0 Å². The van der Waals surface area contributed by atoms with Crippen molar-refractivity contribution in [1.82, 2.24) is 4.90 Å². The van der Waals surface area contributed by atoms with Crippen molar-refractivity contribution in [2.45, 2.75) is 19.9 Å². The molecule has 4 nitrogen and oxygen atoms in total. The second-order valence-corrected chi connectivity index (χ2v) is 4.08. The fraction of sp³-hybridized carbons (Fsp3) is 0.417. The normalized spacial score (nSPS) is 12.1. The van der Waals surface area contributed by atoms with Crippen LogP contribution >= 0.6 is 0 Å². The molecule has 1 aromatic carbocycles. The van der Waals surface area contributed by atoms with Gasteiger partial charge < -0.3 is 16.0 Å². The second kappa shape index (κ2) is 5.66. The van der Waals surface area contributed by atoms with Gasteiger partial charge in [0.2, 0.25) is 5.91 Å². The molecule has 100 valence electrons. The van der Waals surface area contributed by atoms with Gasteiger partial charge in [-0.25, -0.2) is 8.78 Å². The molecule has 0 heterocycles. The third kappa shape index (κ3) is 3.09. The first-order valence-electron chi connectivity index (χ1n) is 5.62. The average Bonchev–Trinajstić information content (AvgIpc) is 2.31. The van der Waals surface area contributed by atoms with Gasteiger partial charge in [0.05, 0.1) is 0 Å². The van der Waals surface area contributed by atoms with Crippen LogP contribution in [0.5, 0.6) is 0 Å². The summed E-state index contributed by atoms with van der Waals surface area (Å²) in [4.78, 5) is 13.2. The number of benzene rings is 1. The second-order valence-electron chi connectivity index (χ2n) is 4.08. The average molecular weight is 257 g/mol. The third-order valence-corrected chi connectivity index (χ3v) is 2.65. The summed E-state index contributed by atoms with van der Waals surface area (Å²) in [6.45, 7) is 3.89. The van der Waals surface area contributed by atoms with E-state index >= 15 is 0 Å². The molecule has 0 aliphatic rings. The van der Waals surface area contributed by atoms with Crippen molar-refractivity contribution in [3.63, 3.8) is 0 Å². The molecule has 0 fully saturated rings. The van der Waals surface area contributed by atoms with Gasteiger partial charge in [-0.05, 0) is 26.0 Å². The summed E-state index contributed by atoms with van der Waals surface area (Å²) < 4.78 is 27.0. The molecule has 1 atom stereocenters. The molecule has 0 radical (unpaired) electrons. The van der Waals surface area contributed by atoms with Crippen LogP contribution in [0, 0.1) is 11.6 Å². The number of hydrogen-bond donors (Lipinski definition) is 2. The van der Waals surface area contributed by atoms with Gasteiger partial charge in [0.25, 0.3) is 0 Å². The smallest absolute Gasteiger partial charge is 0.244 e. The van der Waals surface area contributed by atoms with Crippen LogP contribution in [0.2, 0.25) is 0 Å². The minimum atomic E-state index is -0.814. The van der Waals surface area contributed by atoms with E-state index in [9.17, 15) is 13.6 Å². The molecule has 1 rings (SSSR count). The number of likely N-dealkylation sites (N-methyl/N-ethyl adjacent to an activating group) is 1. The first-order valence-corrected chi connectivity index (χ1v) is 5.62. The predicted octanol–water partition coefficient (Wildman–Crippen LogP) is 1.83. The van der Waals surface area contributed by atoms with Crippen LogP contribution < -0.4 is 11.1 Å². The minimum Gasteiger partial charge on any atom is -0.399 e. The molecule has 6 heteroatoms. The third-order valence-electron chi connectivity index (χ3n) is 2.65. The van der Waals surface area contributed by atoms with Crippen molar-refractivity contribution in [2.24, 2.45) is 0 Å². The topological polar surface area (TPSA) is 58.4 Å². The van der Waals surface area contributed by atoms with E-state index in [1.807, 2.05) is 6.92 Å². The van der Waals surface area contributed by atoms with Crippen LogP contribution in [0.15, 0.2) is 12.1 Å². The summed E-state index contributed by atoms with van der Waals surface area (Å²) in [6.07, 6.45) is 0. The van der Waals surface area contributed by atoms with E-state index in [0.717, 1.165) is 12.1 Å². The Morgan fingerprint density at radius 1 is 1.44 bits per heavy atom. The van der Waals surface area contributed by atoms with E-state index in [0.29, 0.717) is 6.54 Å². The lowest BCUT2D eigenvalue weighted by molar-refractivity contribution is -0.130. The maximum atomic E-state index is 13.5. The van der Waals surface area contributed by atoms with Crippen LogP contribution in [-0.4, -0.2) is 30.4 Å². The van der Waals surface area contributed by atoms with Crippen LogP contribution in [0.4, 0.5) is 20.2 Å². The molecule has 3 N–H and O–H groups in total. The SMILES string of the molecule is CCN(C)C(=O)C(C)Nc1c(F)cc(N)cc1F. The molecule has 0 bridgehead atoms. The molecule has 1 amide bonds. The van der Waals surface area contributed by atoms with Gasteiger partial charge in [-0.15, -0.1) is 0 Å². The standard InChI is InChI=1S/C12H17F2N3O/c1-4-17(3)12(18)7(2)16-11-9(13)5-8(15)6-10(11)14/h5-7,16H,4,15H2,1-3H3. The molecule has 0 aliphatic carbocycles. The Balaban J connectivity index is 2.88. The fourth-order valence-corrected chi connectivity index (χ4v) is 1.50.